The predicted molar refractivity (Wildman–Crippen MR) is 149 cm³/mol. The van der Waals surface area contributed by atoms with Crippen LogP contribution in [0.1, 0.15) is 66.3 Å². The molecule has 1 aromatic carbocycles. The molecule has 0 spiro atoms. The van der Waals surface area contributed by atoms with Gasteiger partial charge in [-0.3, -0.25) is 9.59 Å². The molecular weight excluding hydrogens is 504 g/mol. The van der Waals surface area contributed by atoms with Gasteiger partial charge in [0, 0.05) is 36.2 Å². The highest BCUT2D eigenvalue weighted by atomic mass is 32.2. The molecule has 7 nitrogen and oxygen atoms in total. The average Bonchev–Trinajstić information content (AvgIpc) is 3.49. The van der Waals surface area contributed by atoms with E-state index in [2.05, 4.69) is 44.6 Å². The predicted octanol–water partition coefficient (Wildman–Crippen LogP) is 6.25. The number of oxazole rings is 1. The molecule has 0 bridgehead atoms. The lowest BCUT2D eigenvalue weighted by atomic mass is 9.94. The summed E-state index contributed by atoms with van der Waals surface area (Å²) in [4.78, 5) is 35.8. The molecule has 2 aromatic heterocycles. The number of amides is 2. The van der Waals surface area contributed by atoms with Gasteiger partial charge in [0.05, 0.1) is 26.9 Å². The van der Waals surface area contributed by atoms with Crippen LogP contribution >= 0.6 is 23.1 Å². The molecule has 1 saturated heterocycles. The largest absolute Gasteiger partial charge is 0.444 e. The van der Waals surface area contributed by atoms with Crippen molar-refractivity contribution in [2.24, 2.45) is 5.92 Å². The molecule has 1 unspecified atom stereocenters. The second-order valence-electron chi connectivity index (χ2n) is 10.4. The molecule has 4 rings (SSSR count). The number of nitrogens with one attached hydrogen (secondary N) is 1. The molecule has 1 atom stereocenters. The normalized spacial score (nSPS) is 16.0. The Bertz CT molecular complexity index is 1260. The molecular formula is C28H34N4O3S2. The standard InChI is InChI=1S/C28H34N4O3S2/c1-6-23(33)31-21-11-9-20(10-12-21)26(34)32-13-7-8-19(16-32)14-25-30-18(2)27(37-25)36-17-24-29-15-22(35-24)28(3,4)5/h6,9-12,15,19H,1,7-8,13-14,16-17H2,2-5H3,(H,31,33). The van der Waals surface area contributed by atoms with E-state index in [1.807, 2.05) is 11.1 Å². The van der Waals surface area contributed by atoms with Crippen LogP contribution in [0.5, 0.6) is 0 Å². The molecule has 0 aliphatic carbocycles. The fraction of sp³-hybridized carbons (Fsp3) is 0.429. The number of piperidine rings is 1. The zero-order valence-corrected chi connectivity index (χ0v) is 23.5. The molecule has 196 valence electrons. The number of carbonyl (C=O) groups is 2. The van der Waals surface area contributed by atoms with Gasteiger partial charge in [0.25, 0.3) is 5.91 Å². The van der Waals surface area contributed by atoms with Gasteiger partial charge in [-0.15, -0.1) is 23.1 Å². The first-order valence-electron chi connectivity index (χ1n) is 12.5. The van der Waals surface area contributed by atoms with Gasteiger partial charge in [-0.2, -0.15) is 0 Å². The second kappa shape index (κ2) is 11.6. The summed E-state index contributed by atoms with van der Waals surface area (Å²) < 4.78 is 7.12. The fourth-order valence-corrected chi connectivity index (χ4v) is 6.50. The van der Waals surface area contributed by atoms with E-state index in [4.69, 9.17) is 9.40 Å². The van der Waals surface area contributed by atoms with Crippen LogP contribution in [0.3, 0.4) is 0 Å². The van der Waals surface area contributed by atoms with E-state index < -0.39 is 0 Å². The van der Waals surface area contributed by atoms with Gasteiger partial charge in [-0.1, -0.05) is 27.4 Å². The summed E-state index contributed by atoms with van der Waals surface area (Å²) in [5, 5.41) is 3.82. The maximum Gasteiger partial charge on any atom is 0.253 e. The van der Waals surface area contributed by atoms with Gasteiger partial charge < -0.3 is 14.6 Å². The number of aromatic nitrogens is 2. The van der Waals surface area contributed by atoms with Crippen molar-refractivity contribution in [1.29, 1.82) is 0 Å². The first-order chi connectivity index (χ1) is 17.6. The molecule has 1 aliphatic heterocycles. The van der Waals surface area contributed by atoms with Crippen LogP contribution in [-0.4, -0.2) is 39.8 Å². The third-order valence-corrected chi connectivity index (χ3v) is 8.80. The topological polar surface area (TPSA) is 88.3 Å². The average molecular weight is 539 g/mol. The molecule has 1 N–H and O–H groups in total. The van der Waals surface area contributed by atoms with E-state index in [0.29, 0.717) is 22.9 Å². The Morgan fingerprint density at radius 2 is 2.05 bits per heavy atom. The number of benzene rings is 1. The number of hydrogen-bond acceptors (Lipinski definition) is 7. The minimum atomic E-state index is -0.274. The van der Waals surface area contributed by atoms with Gasteiger partial charge in [0.15, 0.2) is 0 Å². The van der Waals surface area contributed by atoms with Crippen molar-refractivity contribution in [2.45, 2.75) is 62.3 Å². The van der Waals surface area contributed by atoms with E-state index in [9.17, 15) is 9.59 Å². The molecule has 2 amide bonds. The molecule has 3 heterocycles. The lowest BCUT2D eigenvalue weighted by molar-refractivity contribution is -0.111. The first kappa shape index (κ1) is 27.1. The summed E-state index contributed by atoms with van der Waals surface area (Å²) in [7, 11) is 0. The van der Waals surface area contributed by atoms with Crippen molar-refractivity contribution in [3.05, 3.63) is 71.0 Å². The second-order valence-corrected chi connectivity index (χ2v) is 12.7. The van der Waals surface area contributed by atoms with Gasteiger partial charge >= 0.3 is 0 Å². The number of aryl methyl sites for hydroxylation is 1. The third-order valence-electron chi connectivity index (χ3n) is 6.27. The monoisotopic (exact) mass is 538 g/mol. The van der Waals surface area contributed by atoms with E-state index in [0.717, 1.165) is 54.7 Å². The van der Waals surface area contributed by atoms with Crippen molar-refractivity contribution >= 4 is 40.6 Å². The Balaban J connectivity index is 1.32. The number of rotatable bonds is 8. The quantitative estimate of drug-likeness (QED) is 0.269. The molecule has 3 aromatic rings. The van der Waals surface area contributed by atoms with Gasteiger partial charge in [0.2, 0.25) is 11.8 Å². The van der Waals surface area contributed by atoms with Crippen LogP contribution in [0.4, 0.5) is 5.69 Å². The number of thiazole rings is 1. The molecule has 0 saturated carbocycles. The van der Waals surface area contributed by atoms with Crippen molar-refractivity contribution < 1.29 is 14.0 Å². The zero-order chi connectivity index (χ0) is 26.6. The van der Waals surface area contributed by atoms with Gasteiger partial charge in [-0.25, -0.2) is 9.97 Å². The number of hydrogen-bond donors (Lipinski definition) is 1. The van der Waals surface area contributed by atoms with Crippen molar-refractivity contribution in [1.82, 2.24) is 14.9 Å². The number of carbonyl (C=O) groups excluding carboxylic acids is 2. The van der Waals surface area contributed by atoms with Crippen molar-refractivity contribution in [3.8, 4) is 0 Å². The summed E-state index contributed by atoms with van der Waals surface area (Å²) in [6.45, 7) is 13.3. The minimum absolute atomic E-state index is 0.0263. The lowest BCUT2D eigenvalue weighted by Crippen LogP contribution is -2.40. The summed E-state index contributed by atoms with van der Waals surface area (Å²) in [5.74, 6) is 2.45. The number of likely N-dealkylation sites (tertiary alicyclic amines) is 1. The number of nitrogens with zero attached hydrogens (tertiary/aromatic N) is 3. The Kier molecular flexibility index (Phi) is 8.54. The molecule has 37 heavy (non-hydrogen) atoms. The van der Waals surface area contributed by atoms with Crippen LogP contribution in [0.15, 0.2) is 51.7 Å². The van der Waals surface area contributed by atoms with Crippen LogP contribution in [0.2, 0.25) is 0 Å². The molecule has 1 aliphatic rings. The van der Waals surface area contributed by atoms with E-state index in [-0.39, 0.29) is 17.2 Å². The highest BCUT2D eigenvalue weighted by Gasteiger charge is 2.26. The highest BCUT2D eigenvalue weighted by molar-refractivity contribution is 8.00. The highest BCUT2D eigenvalue weighted by Crippen LogP contribution is 2.34. The maximum absolute atomic E-state index is 13.1. The van der Waals surface area contributed by atoms with E-state index >= 15 is 0 Å². The summed E-state index contributed by atoms with van der Waals surface area (Å²) in [6.07, 6.45) is 5.98. The van der Waals surface area contributed by atoms with Crippen molar-refractivity contribution in [2.75, 3.05) is 18.4 Å². The van der Waals surface area contributed by atoms with Crippen LogP contribution < -0.4 is 5.32 Å². The smallest absolute Gasteiger partial charge is 0.253 e. The van der Waals surface area contributed by atoms with Gasteiger partial charge in [0.1, 0.15) is 5.76 Å². The van der Waals surface area contributed by atoms with Crippen LogP contribution in [0, 0.1) is 12.8 Å². The van der Waals surface area contributed by atoms with E-state index in [1.54, 1.807) is 47.4 Å². The van der Waals surface area contributed by atoms with Crippen LogP contribution in [-0.2, 0) is 22.4 Å². The SMILES string of the molecule is C=CC(=O)Nc1ccc(C(=O)N2CCCC(Cc3nc(C)c(SCc4ncc(C(C)(C)C)o4)s3)C2)cc1. The first-order valence-corrected chi connectivity index (χ1v) is 14.3. The Morgan fingerprint density at radius 3 is 2.73 bits per heavy atom. The lowest BCUT2D eigenvalue weighted by Gasteiger charge is -2.32. The van der Waals surface area contributed by atoms with Crippen LogP contribution in [0.25, 0.3) is 0 Å². The summed E-state index contributed by atoms with van der Waals surface area (Å²) in [5.41, 5.74) is 2.26. The Morgan fingerprint density at radius 1 is 1.30 bits per heavy atom. The molecule has 0 radical (unpaired) electrons. The number of thioether (sulfide) groups is 1. The zero-order valence-electron chi connectivity index (χ0n) is 21.9. The molecule has 1 fully saturated rings. The van der Waals surface area contributed by atoms with Crippen molar-refractivity contribution in [3.63, 3.8) is 0 Å². The maximum atomic E-state index is 13.1. The minimum Gasteiger partial charge on any atom is -0.444 e. The summed E-state index contributed by atoms with van der Waals surface area (Å²) >= 11 is 3.46. The number of anilines is 1. The Hall–Kier alpha value is -2.91. The third kappa shape index (κ3) is 7.11. The summed E-state index contributed by atoms with van der Waals surface area (Å²) in [6, 6.07) is 7.01. The fourth-order valence-electron chi connectivity index (χ4n) is 4.24. The van der Waals surface area contributed by atoms with Gasteiger partial charge in [-0.05, 0) is 56.0 Å². The van der Waals surface area contributed by atoms with E-state index in [1.165, 1.54) is 10.3 Å². The molecule has 9 heteroatoms. The Labute approximate surface area is 226 Å².